The molecule has 0 aromatic rings. The second kappa shape index (κ2) is 3.60. The first-order valence-corrected chi connectivity index (χ1v) is 2.80. The van der Waals surface area contributed by atoms with Crippen LogP contribution in [0.5, 0.6) is 0 Å². The second-order valence-electron chi connectivity index (χ2n) is 0.784. The summed E-state index contributed by atoms with van der Waals surface area (Å²) in [6.07, 6.45) is -2.84. The zero-order valence-electron chi connectivity index (χ0n) is 4.01. The van der Waals surface area contributed by atoms with Gasteiger partial charge in [-0.2, -0.15) is 0 Å². The van der Waals surface area contributed by atoms with E-state index in [2.05, 4.69) is 0 Å². The molecule has 0 aliphatic heterocycles. The molecule has 0 unspecified atom stereocenters. The molecule has 0 aromatic heterocycles. The predicted molar refractivity (Wildman–Crippen MR) is 17.5 cm³/mol. The quantitative estimate of drug-likeness (QED) is 0.240. The molecule has 0 saturated heterocycles. The van der Waals surface area contributed by atoms with Crippen molar-refractivity contribution in [3.8, 4) is 0 Å². The molecule has 7 heteroatoms. The van der Waals surface area contributed by atoms with Crippen molar-refractivity contribution in [3.05, 3.63) is 6.17 Å². The minimum Gasteiger partial charge on any atom is -0.408 e. The van der Waals surface area contributed by atoms with Gasteiger partial charge in [0.2, 0.25) is 7.60 Å². The normalized spacial score (nSPS) is 11.1. The third kappa shape index (κ3) is 4.76. The Kier molecular flexibility index (Phi) is 5.13. The fraction of sp³-hybridized carbons (Fsp3) is 0. The Bertz CT molecular complexity index is 99.5. The van der Waals surface area contributed by atoms with Crippen LogP contribution in [0.15, 0.2) is 0 Å². The van der Waals surface area contributed by atoms with Crippen molar-refractivity contribution in [3.63, 3.8) is 0 Å². The van der Waals surface area contributed by atoms with Gasteiger partial charge < -0.3 is 18.6 Å². The first-order valence-electron chi connectivity index (χ1n) is 1.18. The zero-order chi connectivity index (χ0) is 6.08. The molecule has 0 amide bonds. The van der Waals surface area contributed by atoms with Gasteiger partial charge in [-0.05, 0) is 0 Å². The minimum atomic E-state index is -5.15. The molecular formula is CH2F2LiO3P. The third-order valence-electron chi connectivity index (χ3n) is 0.220. The maximum atomic E-state index is 10.7. The van der Waals surface area contributed by atoms with Crippen molar-refractivity contribution in [2.75, 3.05) is 0 Å². The van der Waals surface area contributed by atoms with E-state index in [4.69, 9.17) is 9.79 Å². The smallest absolute Gasteiger partial charge is 0.408 e. The molecule has 0 heterocycles. The van der Waals surface area contributed by atoms with Gasteiger partial charge in [-0.15, -0.1) is 0 Å². The first-order chi connectivity index (χ1) is 2.94. The molecule has 44 valence electrons. The summed E-state index contributed by atoms with van der Waals surface area (Å²) in [5.41, 5.74) is 0. The van der Waals surface area contributed by atoms with Gasteiger partial charge in [-0.3, -0.25) is 4.57 Å². The van der Waals surface area contributed by atoms with Crippen LogP contribution in [0, 0.1) is 6.17 Å². The van der Waals surface area contributed by atoms with E-state index in [1.807, 2.05) is 0 Å². The van der Waals surface area contributed by atoms with Crippen molar-refractivity contribution in [2.24, 2.45) is 0 Å². The largest absolute Gasteiger partial charge is 1.00 e. The van der Waals surface area contributed by atoms with Crippen molar-refractivity contribution in [2.45, 2.75) is 0 Å². The summed E-state index contributed by atoms with van der Waals surface area (Å²) < 4.78 is 30.6. The third-order valence-corrected chi connectivity index (χ3v) is 0.661. The van der Waals surface area contributed by atoms with Gasteiger partial charge in [0.25, 0.3) is 0 Å². The Labute approximate surface area is 56.4 Å². The van der Waals surface area contributed by atoms with Crippen LogP contribution in [0.25, 0.3) is 0 Å². The standard InChI is InChI=1S/CH2F2O3P.Li/c2-1(3)7(4,5)6;/h(H2,4,5,6);/q-1;+1. The van der Waals surface area contributed by atoms with Crippen molar-refractivity contribution >= 4 is 7.60 Å². The summed E-state index contributed by atoms with van der Waals surface area (Å²) >= 11 is 0. The van der Waals surface area contributed by atoms with Gasteiger partial charge >= 0.3 is 18.9 Å². The van der Waals surface area contributed by atoms with Crippen LogP contribution in [0.2, 0.25) is 0 Å². The van der Waals surface area contributed by atoms with Gasteiger partial charge in [0.1, 0.15) is 6.17 Å². The maximum Gasteiger partial charge on any atom is 1.00 e. The summed E-state index contributed by atoms with van der Waals surface area (Å²) in [5, 5.41) is 0. The summed E-state index contributed by atoms with van der Waals surface area (Å²) in [4.78, 5) is 14.8. The minimum absolute atomic E-state index is 0. The Morgan fingerprint density at radius 3 is 1.50 bits per heavy atom. The van der Waals surface area contributed by atoms with Gasteiger partial charge in [0.15, 0.2) is 0 Å². The maximum absolute atomic E-state index is 10.7. The fourth-order valence-corrected chi connectivity index (χ4v) is 0. The van der Waals surface area contributed by atoms with Gasteiger partial charge in [-0.1, -0.05) is 0 Å². The van der Waals surface area contributed by atoms with E-state index in [0.717, 1.165) is 0 Å². The van der Waals surface area contributed by atoms with Crippen LogP contribution >= 0.6 is 7.60 Å². The van der Waals surface area contributed by atoms with Crippen molar-refractivity contribution in [1.29, 1.82) is 0 Å². The molecule has 0 saturated carbocycles. The fourth-order valence-electron chi connectivity index (χ4n) is 0. The molecule has 0 fully saturated rings. The van der Waals surface area contributed by atoms with E-state index in [0.29, 0.717) is 0 Å². The predicted octanol–water partition coefficient (Wildman–Crippen LogP) is -2.45. The van der Waals surface area contributed by atoms with E-state index in [9.17, 15) is 13.3 Å². The molecule has 0 atom stereocenters. The van der Waals surface area contributed by atoms with E-state index in [1.54, 1.807) is 0 Å². The molecular weight excluding hydrogens is 136 g/mol. The molecule has 3 nitrogen and oxygen atoms in total. The van der Waals surface area contributed by atoms with Crippen LogP contribution in [0.4, 0.5) is 8.78 Å². The SMILES string of the molecule is O=P(O)(O)[C-](F)F.[Li+]. The Balaban J connectivity index is 0. The van der Waals surface area contributed by atoms with Gasteiger partial charge in [-0.25, -0.2) is 0 Å². The van der Waals surface area contributed by atoms with E-state index >= 15 is 0 Å². The number of halogens is 2. The van der Waals surface area contributed by atoms with Crippen molar-refractivity contribution in [1.82, 2.24) is 0 Å². The molecule has 0 aliphatic carbocycles. The second-order valence-corrected chi connectivity index (χ2v) is 2.21. The van der Waals surface area contributed by atoms with Crippen LogP contribution < -0.4 is 18.9 Å². The molecule has 0 aliphatic rings. The topological polar surface area (TPSA) is 57.5 Å². The number of hydrogen-bond donors (Lipinski definition) is 2. The van der Waals surface area contributed by atoms with E-state index in [-0.39, 0.29) is 18.9 Å². The summed E-state index contributed by atoms with van der Waals surface area (Å²) in [6, 6.07) is 0. The Morgan fingerprint density at radius 2 is 1.50 bits per heavy atom. The molecule has 0 spiro atoms. The average Bonchev–Trinajstić information content (AvgIpc) is 1.31. The Morgan fingerprint density at radius 1 is 1.38 bits per heavy atom. The number of hydrogen-bond acceptors (Lipinski definition) is 1. The first kappa shape index (κ1) is 11.4. The van der Waals surface area contributed by atoms with Gasteiger partial charge in [0.05, 0.1) is 0 Å². The summed E-state index contributed by atoms with van der Waals surface area (Å²) in [5.74, 6) is 0. The summed E-state index contributed by atoms with van der Waals surface area (Å²) in [7, 11) is -5.15. The molecule has 0 aromatic carbocycles. The molecule has 0 bridgehead atoms. The molecule has 0 radical (unpaired) electrons. The van der Waals surface area contributed by atoms with E-state index < -0.39 is 13.8 Å². The van der Waals surface area contributed by atoms with Crippen LogP contribution in [0.3, 0.4) is 0 Å². The molecule has 0 rings (SSSR count). The van der Waals surface area contributed by atoms with Crippen LogP contribution in [0.1, 0.15) is 0 Å². The molecule has 8 heavy (non-hydrogen) atoms. The van der Waals surface area contributed by atoms with E-state index in [1.165, 1.54) is 0 Å². The van der Waals surface area contributed by atoms with Crippen LogP contribution in [-0.4, -0.2) is 9.79 Å². The van der Waals surface area contributed by atoms with Gasteiger partial charge in [0, 0.05) is 0 Å². The Hall–Kier alpha value is 0.607. The summed E-state index contributed by atoms with van der Waals surface area (Å²) in [6.45, 7) is 0. The zero-order valence-corrected chi connectivity index (χ0v) is 4.90. The van der Waals surface area contributed by atoms with Crippen LogP contribution in [-0.2, 0) is 4.57 Å². The van der Waals surface area contributed by atoms with Crippen molar-refractivity contribution < 1.29 is 42.0 Å². The number of rotatable bonds is 1. The average molecular weight is 138 g/mol. The molecule has 2 N–H and O–H groups in total. The monoisotopic (exact) mass is 138 g/mol.